The van der Waals surface area contributed by atoms with Crippen LogP contribution in [0.15, 0.2) is 24.3 Å². The van der Waals surface area contributed by atoms with Crippen molar-refractivity contribution in [3.05, 3.63) is 30.1 Å². The number of thiocarbonyl (C=S) groups is 1. The minimum atomic E-state index is -0.284. The first-order valence-electron chi connectivity index (χ1n) is 6.88. The van der Waals surface area contributed by atoms with Gasteiger partial charge in [-0.25, -0.2) is 4.39 Å². The van der Waals surface area contributed by atoms with Crippen molar-refractivity contribution >= 4 is 23.0 Å². The highest BCUT2D eigenvalue weighted by Gasteiger charge is 2.14. The van der Waals surface area contributed by atoms with Gasteiger partial charge in [-0.1, -0.05) is 12.1 Å². The summed E-state index contributed by atoms with van der Waals surface area (Å²) in [5.41, 5.74) is 0.421. The zero-order valence-corrected chi connectivity index (χ0v) is 11.9. The molecule has 3 nitrogen and oxygen atoms in total. The first kappa shape index (κ1) is 14.2. The van der Waals surface area contributed by atoms with Crippen molar-refractivity contribution in [2.75, 3.05) is 31.5 Å². The van der Waals surface area contributed by atoms with Gasteiger partial charge < -0.3 is 15.5 Å². The van der Waals surface area contributed by atoms with Crippen LogP contribution < -0.4 is 15.5 Å². The van der Waals surface area contributed by atoms with Gasteiger partial charge in [0, 0.05) is 25.8 Å². The molecule has 1 aliphatic heterocycles. The minimum Gasteiger partial charge on any atom is -0.362 e. The van der Waals surface area contributed by atoms with Crippen LogP contribution >= 0.6 is 12.2 Å². The third kappa shape index (κ3) is 4.76. The Labute approximate surface area is 119 Å². The molecule has 1 aromatic rings. The number of quaternary nitrogens is 1. The number of rotatable bonds is 5. The molecule has 0 atom stereocenters. The summed E-state index contributed by atoms with van der Waals surface area (Å²) in [6, 6.07) is 6.54. The standard InChI is InChI=1S/C14H20FN3S/c15-12-6-1-2-7-13(12)17-14(19)16-8-5-11-18-9-3-4-10-18/h1-2,6-7H,3-5,8-11H2,(H2,16,17,19)/p+1. The smallest absolute Gasteiger partial charge is 0.170 e. The molecule has 1 saturated heterocycles. The lowest BCUT2D eigenvalue weighted by Gasteiger charge is -2.13. The summed E-state index contributed by atoms with van der Waals surface area (Å²) in [4.78, 5) is 1.69. The van der Waals surface area contributed by atoms with Crippen molar-refractivity contribution in [1.29, 1.82) is 0 Å². The largest absolute Gasteiger partial charge is 0.362 e. The average Bonchev–Trinajstić information content (AvgIpc) is 2.91. The van der Waals surface area contributed by atoms with Crippen molar-refractivity contribution in [3.8, 4) is 0 Å². The second kappa shape index (κ2) is 7.40. The summed E-state index contributed by atoms with van der Waals surface area (Å²) in [6.07, 6.45) is 3.81. The van der Waals surface area contributed by atoms with E-state index in [0.717, 1.165) is 13.0 Å². The molecule has 3 N–H and O–H groups in total. The van der Waals surface area contributed by atoms with E-state index in [0.29, 0.717) is 10.8 Å². The SMILES string of the molecule is Fc1ccccc1NC(=S)NCCC[NH+]1CCCC1. The van der Waals surface area contributed by atoms with Crippen molar-refractivity contribution in [1.82, 2.24) is 5.32 Å². The van der Waals surface area contributed by atoms with E-state index in [2.05, 4.69) is 10.6 Å². The number of para-hydroxylation sites is 1. The van der Waals surface area contributed by atoms with Gasteiger partial charge in [0.1, 0.15) is 5.82 Å². The summed E-state index contributed by atoms with van der Waals surface area (Å²) in [5, 5.41) is 6.49. The Morgan fingerprint density at radius 1 is 1.26 bits per heavy atom. The number of likely N-dealkylation sites (tertiary alicyclic amines) is 1. The molecule has 0 spiro atoms. The van der Waals surface area contributed by atoms with E-state index in [-0.39, 0.29) is 5.82 Å². The molecule has 0 radical (unpaired) electrons. The second-order valence-electron chi connectivity index (χ2n) is 4.92. The Balaban J connectivity index is 1.63. The van der Waals surface area contributed by atoms with Crippen molar-refractivity contribution in [3.63, 3.8) is 0 Å². The molecule has 19 heavy (non-hydrogen) atoms. The van der Waals surface area contributed by atoms with Crippen LogP contribution in [0.1, 0.15) is 19.3 Å². The highest BCUT2D eigenvalue weighted by molar-refractivity contribution is 7.80. The highest BCUT2D eigenvalue weighted by Crippen LogP contribution is 2.11. The number of halogens is 1. The Bertz CT molecular complexity index is 419. The van der Waals surface area contributed by atoms with E-state index in [1.807, 2.05) is 0 Å². The Hall–Kier alpha value is -1.20. The van der Waals surface area contributed by atoms with Crippen molar-refractivity contribution < 1.29 is 9.29 Å². The quantitative estimate of drug-likeness (QED) is 0.559. The summed E-state index contributed by atoms with van der Waals surface area (Å²) in [7, 11) is 0. The van der Waals surface area contributed by atoms with Crippen LogP contribution in [-0.2, 0) is 0 Å². The Morgan fingerprint density at radius 3 is 2.74 bits per heavy atom. The molecule has 104 valence electrons. The zero-order chi connectivity index (χ0) is 13.5. The fourth-order valence-electron chi connectivity index (χ4n) is 2.39. The molecule has 0 unspecified atom stereocenters. The first-order valence-corrected chi connectivity index (χ1v) is 7.29. The lowest BCUT2D eigenvalue weighted by atomic mass is 10.3. The Kier molecular flexibility index (Phi) is 5.54. The van der Waals surface area contributed by atoms with Crippen LogP contribution in [0, 0.1) is 5.82 Å². The molecule has 0 bridgehead atoms. The molecule has 1 aliphatic rings. The third-order valence-electron chi connectivity index (χ3n) is 3.43. The lowest BCUT2D eigenvalue weighted by Crippen LogP contribution is -3.10. The second-order valence-corrected chi connectivity index (χ2v) is 5.33. The zero-order valence-electron chi connectivity index (χ0n) is 11.0. The fraction of sp³-hybridized carbons (Fsp3) is 0.500. The van der Waals surface area contributed by atoms with Crippen molar-refractivity contribution in [2.24, 2.45) is 0 Å². The van der Waals surface area contributed by atoms with Gasteiger partial charge in [-0.05, 0) is 24.4 Å². The van der Waals surface area contributed by atoms with Gasteiger partial charge in [0.2, 0.25) is 0 Å². The molecule has 2 rings (SSSR count). The summed E-state index contributed by atoms with van der Waals surface area (Å²) >= 11 is 5.15. The number of nitrogens with one attached hydrogen (secondary N) is 3. The van der Waals surface area contributed by atoms with Crippen LogP contribution in [0.3, 0.4) is 0 Å². The maximum Gasteiger partial charge on any atom is 0.170 e. The van der Waals surface area contributed by atoms with Crippen LogP contribution in [0.4, 0.5) is 10.1 Å². The molecular weight excluding hydrogens is 261 g/mol. The predicted molar refractivity (Wildman–Crippen MR) is 80.0 cm³/mol. The fourth-order valence-corrected chi connectivity index (χ4v) is 2.61. The summed E-state index contributed by atoms with van der Waals surface area (Å²) < 4.78 is 13.4. The van der Waals surface area contributed by atoms with Gasteiger partial charge >= 0.3 is 0 Å². The highest BCUT2D eigenvalue weighted by atomic mass is 32.1. The molecule has 0 amide bonds. The molecular formula is C14H21FN3S+. The Morgan fingerprint density at radius 2 is 2.00 bits per heavy atom. The molecule has 1 aromatic carbocycles. The van der Waals surface area contributed by atoms with Gasteiger partial charge in [-0.15, -0.1) is 0 Å². The number of benzene rings is 1. The number of hydrogen-bond acceptors (Lipinski definition) is 1. The third-order valence-corrected chi connectivity index (χ3v) is 3.67. The number of hydrogen-bond donors (Lipinski definition) is 3. The monoisotopic (exact) mass is 282 g/mol. The van der Waals surface area contributed by atoms with Gasteiger partial charge in [0.05, 0.1) is 25.3 Å². The van der Waals surface area contributed by atoms with E-state index in [1.54, 1.807) is 23.1 Å². The maximum atomic E-state index is 13.4. The van der Waals surface area contributed by atoms with Gasteiger partial charge in [0.15, 0.2) is 5.11 Å². The summed E-state index contributed by atoms with van der Waals surface area (Å²) in [5.74, 6) is -0.284. The molecule has 1 heterocycles. The minimum absolute atomic E-state index is 0.284. The normalized spacial score (nSPS) is 15.4. The van der Waals surface area contributed by atoms with Crippen molar-refractivity contribution in [2.45, 2.75) is 19.3 Å². The first-order chi connectivity index (χ1) is 9.25. The lowest BCUT2D eigenvalue weighted by molar-refractivity contribution is -0.887. The molecule has 5 heteroatoms. The topological polar surface area (TPSA) is 28.5 Å². The van der Waals surface area contributed by atoms with Crippen LogP contribution in [-0.4, -0.2) is 31.3 Å². The molecule has 0 aliphatic carbocycles. The van der Waals surface area contributed by atoms with Gasteiger partial charge in [-0.2, -0.15) is 0 Å². The van der Waals surface area contributed by atoms with E-state index in [9.17, 15) is 4.39 Å². The van der Waals surface area contributed by atoms with E-state index in [1.165, 1.54) is 38.5 Å². The van der Waals surface area contributed by atoms with E-state index in [4.69, 9.17) is 12.2 Å². The van der Waals surface area contributed by atoms with E-state index >= 15 is 0 Å². The van der Waals surface area contributed by atoms with Crippen LogP contribution in [0.25, 0.3) is 0 Å². The van der Waals surface area contributed by atoms with E-state index < -0.39 is 0 Å². The molecule has 0 aromatic heterocycles. The van der Waals surface area contributed by atoms with Gasteiger partial charge in [0.25, 0.3) is 0 Å². The van der Waals surface area contributed by atoms with Gasteiger partial charge in [-0.3, -0.25) is 0 Å². The van der Waals surface area contributed by atoms with Crippen LogP contribution in [0.2, 0.25) is 0 Å². The molecule has 1 fully saturated rings. The maximum absolute atomic E-state index is 13.4. The van der Waals surface area contributed by atoms with Crippen LogP contribution in [0.5, 0.6) is 0 Å². The number of anilines is 1. The summed E-state index contributed by atoms with van der Waals surface area (Å²) in [6.45, 7) is 4.63. The predicted octanol–water partition coefficient (Wildman–Crippen LogP) is 1.18. The molecule has 0 saturated carbocycles. The average molecular weight is 282 g/mol.